The zero-order valence-corrected chi connectivity index (χ0v) is 17.3. The van der Waals surface area contributed by atoms with Crippen molar-refractivity contribution in [1.82, 2.24) is 20.0 Å². The van der Waals surface area contributed by atoms with Gasteiger partial charge in [0.15, 0.2) is 0 Å². The highest BCUT2D eigenvalue weighted by molar-refractivity contribution is 5.85. The Bertz CT molecular complexity index is 710. The minimum atomic E-state index is 0. The van der Waals surface area contributed by atoms with Gasteiger partial charge >= 0.3 is 0 Å². The number of amides is 1. The number of carbonyl (C=O) groups is 1. The maximum atomic E-state index is 12.3. The van der Waals surface area contributed by atoms with Gasteiger partial charge in [-0.2, -0.15) is 5.10 Å². The predicted molar refractivity (Wildman–Crippen MR) is 112 cm³/mol. The van der Waals surface area contributed by atoms with E-state index < -0.39 is 0 Å². The van der Waals surface area contributed by atoms with E-state index >= 15 is 0 Å². The van der Waals surface area contributed by atoms with Gasteiger partial charge in [-0.1, -0.05) is 31.2 Å². The molecule has 0 bridgehead atoms. The second-order valence-electron chi connectivity index (χ2n) is 7.22. The maximum Gasteiger partial charge on any atom is 0.234 e. The van der Waals surface area contributed by atoms with E-state index in [-0.39, 0.29) is 36.1 Å². The molecule has 1 atom stereocenters. The molecule has 0 saturated carbocycles. The van der Waals surface area contributed by atoms with Crippen molar-refractivity contribution >= 4 is 30.7 Å². The molecule has 0 spiro atoms. The van der Waals surface area contributed by atoms with Gasteiger partial charge in [0, 0.05) is 25.5 Å². The summed E-state index contributed by atoms with van der Waals surface area (Å²) in [6.45, 7) is 6.39. The Kier molecular flexibility index (Phi) is 9.26. The number of aromatic nitrogens is 2. The molecule has 1 aromatic carbocycles. The number of nitrogens with zero attached hydrogens (tertiary/aromatic N) is 3. The number of benzene rings is 1. The Labute approximate surface area is 173 Å². The molecular weight excluding hydrogens is 385 g/mol. The molecule has 1 amide bonds. The molecule has 2 aromatic rings. The number of likely N-dealkylation sites (tertiary alicyclic amines) is 1. The molecule has 150 valence electrons. The molecule has 0 radical (unpaired) electrons. The summed E-state index contributed by atoms with van der Waals surface area (Å²) in [5.74, 6) is 0.0650. The van der Waals surface area contributed by atoms with Gasteiger partial charge in [-0.25, -0.2) is 0 Å². The van der Waals surface area contributed by atoms with Crippen molar-refractivity contribution in [3.63, 3.8) is 0 Å². The van der Waals surface area contributed by atoms with Crippen molar-refractivity contribution in [1.29, 1.82) is 0 Å². The molecule has 2 heterocycles. The molecule has 27 heavy (non-hydrogen) atoms. The summed E-state index contributed by atoms with van der Waals surface area (Å²) in [5.41, 5.74) is 8.28. The maximum absolute atomic E-state index is 12.3. The Morgan fingerprint density at radius 3 is 2.63 bits per heavy atom. The lowest BCUT2D eigenvalue weighted by molar-refractivity contribution is -0.122. The van der Waals surface area contributed by atoms with Crippen LogP contribution in [0.25, 0.3) is 0 Å². The van der Waals surface area contributed by atoms with Crippen LogP contribution in [0.4, 0.5) is 0 Å². The number of nitrogens with one attached hydrogen (secondary N) is 1. The summed E-state index contributed by atoms with van der Waals surface area (Å²) in [4.78, 5) is 14.5. The highest BCUT2D eigenvalue weighted by atomic mass is 35.5. The first-order valence-corrected chi connectivity index (χ1v) is 8.81. The summed E-state index contributed by atoms with van der Waals surface area (Å²) < 4.78 is 1.89. The van der Waals surface area contributed by atoms with E-state index in [9.17, 15) is 4.79 Å². The van der Waals surface area contributed by atoms with Crippen LogP contribution in [0.2, 0.25) is 0 Å². The number of halogens is 2. The number of hydrogen-bond acceptors (Lipinski definition) is 4. The largest absolute Gasteiger partial charge is 0.351 e. The number of carbonyl (C=O) groups excluding carboxylic acids is 1. The third-order valence-electron chi connectivity index (χ3n) is 4.98. The van der Waals surface area contributed by atoms with Crippen molar-refractivity contribution in [2.75, 3.05) is 26.2 Å². The van der Waals surface area contributed by atoms with Gasteiger partial charge in [0.05, 0.1) is 13.1 Å². The molecule has 6 nitrogen and oxygen atoms in total. The van der Waals surface area contributed by atoms with Crippen LogP contribution in [0, 0.1) is 5.41 Å². The van der Waals surface area contributed by atoms with Gasteiger partial charge < -0.3 is 11.1 Å². The van der Waals surface area contributed by atoms with Crippen molar-refractivity contribution < 1.29 is 4.79 Å². The first-order valence-electron chi connectivity index (χ1n) is 8.81. The van der Waals surface area contributed by atoms with Crippen molar-refractivity contribution in [2.24, 2.45) is 11.1 Å². The van der Waals surface area contributed by atoms with Crippen LogP contribution >= 0.6 is 24.8 Å². The monoisotopic (exact) mass is 413 g/mol. The molecule has 3 N–H and O–H groups in total. The highest BCUT2D eigenvalue weighted by Crippen LogP contribution is 2.27. The standard InChI is InChI=1S/C19H27N5O.2ClH/c1-19(14-20)7-10-23(15-19)13-18(25)21-11-16-5-2-3-6-17(16)12-24-9-4-8-22-24;;/h2-6,8-9H,7,10-15,20H2,1H3,(H,21,25);2*1H. The van der Waals surface area contributed by atoms with E-state index in [2.05, 4.69) is 34.4 Å². The van der Waals surface area contributed by atoms with Crippen LogP contribution in [0.15, 0.2) is 42.7 Å². The van der Waals surface area contributed by atoms with E-state index in [1.165, 1.54) is 5.56 Å². The smallest absolute Gasteiger partial charge is 0.234 e. The topological polar surface area (TPSA) is 76.2 Å². The van der Waals surface area contributed by atoms with Gasteiger partial charge in [0.2, 0.25) is 5.91 Å². The van der Waals surface area contributed by atoms with Crippen LogP contribution in [-0.4, -0.2) is 46.8 Å². The second kappa shape index (κ2) is 10.7. The van der Waals surface area contributed by atoms with E-state index in [1.807, 2.05) is 29.1 Å². The number of hydrogen-bond donors (Lipinski definition) is 2. The lowest BCUT2D eigenvalue weighted by Gasteiger charge is -2.22. The summed E-state index contributed by atoms with van der Waals surface area (Å²) in [5, 5.41) is 7.30. The van der Waals surface area contributed by atoms with Crippen LogP contribution in [0.1, 0.15) is 24.5 Å². The van der Waals surface area contributed by atoms with E-state index in [4.69, 9.17) is 5.73 Å². The predicted octanol–water partition coefficient (Wildman–Crippen LogP) is 2.06. The molecule has 1 aromatic heterocycles. The fourth-order valence-corrected chi connectivity index (χ4v) is 3.33. The average Bonchev–Trinajstić information content (AvgIpc) is 3.25. The summed E-state index contributed by atoms with van der Waals surface area (Å²) >= 11 is 0. The van der Waals surface area contributed by atoms with Crippen LogP contribution < -0.4 is 11.1 Å². The van der Waals surface area contributed by atoms with E-state index in [0.29, 0.717) is 26.2 Å². The lowest BCUT2D eigenvalue weighted by atomic mass is 9.90. The average molecular weight is 414 g/mol. The Hall–Kier alpha value is -1.60. The first-order chi connectivity index (χ1) is 12.1. The molecule has 1 fully saturated rings. The Balaban J connectivity index is 0.00000182. The highest BCUT2D eigenvalue weighted by Gasteiger charge is 2.32. The Morgan fingerprint density at radius 2 is 2.00 bits per heavy atom. The minimum absolute atomic E-state index is 0. The fourth-order valence-electron chi connectivity index (χ4n) is 3.33. The molecule has 1 unspecified atom stereocenters. The first kappa shape index (κ1) is 23.4. The van der Waals surface area contributed by atoms with Crippen molar-refractivity contribution in [3.8, 4) is 0 Å². The van der Waals surface area contributed by atoms with E-state index in [0.717, 1.165) is 25.1 Å². The summed E-state index contributed by atoms with van der Waals surface area (Å²) in [7, 11) is 0. The quantitative estimate of drug-likeness (QED) is 0.727. The molecular formula is C19H29Cl2N5O. The van der Waals surface area contributed by atoms with Gasteiger partial charge in [-0.05, 0) is 42.1 Å². The summed E-state index contributed by atoms with van der Waals surface area (Å²) in [6, 6.07) is 10.1. The molecule has 3 rings (SSSR count). The molecule has 8 heteroatoms. The molecule has 0 aliphatic carbocycles. The molecule has 1 saturated heterocycles. The zero-order valence-electron chi connectivity index (χ0n) is 15.6. The van der Waals surface area contributed by atoms with Crippen LogP contribution in [0.5, 0.6) is 0 Å². The van der Waals surface area contributed by atoms with Crippen LogP contribution in [-0.2, 0) is 17.9 Å². The normalized spacial score (nSPS) is 19.2. The van der Waals surface area contributed by atoms with Crippen molar-refractivity contribution in [2.45, 2.75) is 26.4 Å². The summed E-state index contributed by atoms with van der Waals surface area (Å²) in [6.07, 6.45) is 4.77. The SMILES string of the molecule is CC1(CN)CCN(CC(=O)NCc2ccccc2Cn2cccn2)C1.Cl.Cl. The number of rotatable bonds is 7. The molecule has 1 aliphatic heterocycles. The Morgan fingerprint density at radius 1 is 1.26 bits per heavy atom. The third kappa shape index (κ3) is 6.50. The van der Waals surface area contributed by atoms with Gasteiger partial charge in [0.25, 0.3) is 0 Å². The van der Waals surface area contributed by atoms with Gasteiger partial charge in [0.1, 0.15) is 0 Å². The lowest BCUT2D eigenvalue weighted by Crippen LogP contribution is -2.38. The van der Waals surface area contributed by atoms with Crippen LogP contribution in [0.3, 0.4) is 0 Å². The molecule has 1 aliphatic rings. The third-order valence-corrected chi connectivity index (χ3v) is 4.98. The minimum Gasteiger partial charge on any atom is -0.351 e. The zero-order chi connectivity index (χ0) is 17.7. The van der Waals surface area contributed by atoms with E-state index in [1.54, 1.807) is 6.20 Å². The van der Waals surface area contributed by atoms with Gasteiger partial charge in [-0.3, -0.25) is 14.4 Å². The second-order valence-corrected chi connectivity index (χ2v) is 7.22. The number of nitrogens with two attached hydrogens (primary N) is 1. The van der Waals surface area contributed by atoms with Gasteiger partial charge in [-0.15, -0.1) is 24.8 Å². The fraction of sp³-hybridized carbons (Fsp3) is 0.474. The van der Waals surface area contributed by atoms with Crippen molar-refractivity contribution in [3.05, 3.63) is 53.9 Å².